The first-order valence-corrected chi connectivity index (χ1v) is 9.73. The molecule has 3 heterocycles. The largest absolute Gasteiger partial charge is 0.336 e. The van der Waals surface area contributed by atoms with Gasteiger partial charge in [-0.25, -0.2) is 23.1 Å². The predicted molar refractivity (Wildman–Crippen MR) is 92.2 cm³/mol. The first-order chi connectivity index (χ1) is 11.4. The number of sulfonamides is 1. The Hall–Kier alpha value is -2.06. The van der Waals surface area contributed by atoms with Crippen molar-refractivity contribution < 1.29 is 8.42 Å². The van der Waals surface area contributed by atoms with Crippen LogP contribution in [0.25, 0.3) is 0 Å². The molecule has 0 aliphatic carbocycles. The highest BCUT2D eigenvalue weighted by atomic mass is 32.2. The van der Waals surface area contributed by atoms with Crippen LogP contribution >= 0.6 is 0 Å². The van der Waals surface area contributed by atoms with Gasteiger partial charge in [-0.3, -0.25) is 4.98 Å². The fourth-order valence-corrected chi connectivity index (χ4v) is 3.89. The summed E-state index contributed by atoms with van der Waals surface area (Å²) < 4.78 is 26.2. The van der Waals surface area contributed by atoms with Crippen molar-refractivity contribution >= 4 is 16.0 Å². The number of hydrogen-bond acceptors (Lipinski definition) is 6. The minimum atomic E-state index is -3.28. The Balaban J connectivity index is 1.88. The number of anilines is 1. The molecule has 1 saturated heterocycles. The van der Waals surface area contributed by atoms with Crippen molar-refractivity contribution in [3.8, 4) is 0 Å². The third kappa shape index (κ3) is 4.07. The summed E-state index contributed by atoms with van der Waals surface area (Å²) in [5, 5.41) is 0. The lowest BCUT2D eigenvalue weighted by Crippen LogP contribution is -2.46. The average Bonchev–Trinajstić information content (AvgIpc) is 2.90. The molecule has 2 aromatic rings. The number of pyridine rings is 1. The minimum absolute atomic E-state index is 0.0494. The van der Waals surface area contributed by atoms with Crippen molar-refractivity contribution in [3.05, 3.63) is 48.0 Å². The smallest absolute Gasteiger partial charge is 0.225 e. The molecule has 0 unspecified atom stereocenters. The monoisotopic (exact) mass is 347 g/mol. The fraction of sp³-hybridized carbons (Fsp3) is 0.438. The van der Waals surface area contributed by atoms with E-state index in [4.69, 9.17) is 0 Å². The molecule has 2 aromatic heterocycles. The molecule has 0 radical (unpaired) electrons. The highest BCUT2D eigenvalue weighted by Crippen LogP contribution is 2.26. The van der Waals surface area contributed by atoms with Gasteiger partial charge < -0.3 is 4.90 Å². The molecule has 24 heavy (non-hydrogen) atoms. The van der Waals surface area contributed by atoms with E-state index in [1.54, 1.807) is 18.6 Å². The maximum atomic E-state index is 11.7. The van der Waals surface area contributed by atoms with Gasteiger partial charge >= 0.3 is 0 Å². The quantitative estimate of drug-likeness (QED) is 0.865. The van der Waals surface area contributed by atoms with Gasteiger partial charge in [-0.15, -0.1) is 0 Å². The summed E-state index contributed by atoms with van der Waals surface area (Å²) in [6, 6.07) is 3.66. The lowest BCUT2D eigenvalue weighted by atomic mass is 10.0. The van der Waals surface area contributed by atoms with E-state index in [0.29, 0.717) is 18.9 Å². The van der Waals surface area contributed by atoms with Gasteiger partial charge in [0.1, 0.15) is 0 Å². The van der Waals surface area contributed by atoms with E-state index in [9.17, 15) is 8.42 Å². The molecule has 0 saturated carbocycles. The van der Waals surface area contributed by atoms with Gasteiger partial charge in [-0.05, 0) is 37.0 Å². The SMILES string of the molecule is Cc1cnc(N2CC[C@@H](NS(C)(=O)=O)[C@@H]2Cc2cccnc2)nc1. The van der Waals surface area contributed by atoms with E-state index in [2.05, 4.69) is 24.6 Å². The number of nitrogens with zero attached hydrogens (tertiary/aromatic N) is 4. The number of rotatable bonds is 5. The number of nitrogens with one attached hydrogen (secondary N) is 1. The first-order valence-electron chi connectivity index (χ1n) is 7.84. The maximum Gasteiger partial charge on any atom is 0.225 e. The normalized spacial score (nSPS) is 21.2. The van der Waals surface area contributed by atoms with E-state index in [-0.39, 0.29) is 12.1 Å². The Bertz CT molecular complexity index is 780. The molecule has 1 aliphatic heterocycles. The summed E-state index contributed by atoms with van der Waals surface area (Å²) in [4.78, 5) is 15.0. The van der Waals surface area contributed by atoms with Gasteiger partial charge in [0.15, 0.2) is 0 Å². The zero-order valence-corrected chi connectivity index (χ0v) is 14.6. The third-order valence-corrected chi connectivity index (χ3v) is 4.83. The zero-order chi connectivity index (χ0) is 17.2. The van der Waals surface area contributed by atoms with Crippen LogP contribution in [-0.2, 0) is 16.4 Å². The zero-order valence-electron chi connectivity index (χ0n) is 13.8. The second-order valence-corrected chi connectivity index (χ2v) is 7.95. The summed E-state index contributed by atoms with van der Waals surface area (Å²) >= 11 is 0. The molecule has 7 nitrogen and oxygen atoms in total. The maximum absolute atomic E-state index is 11.7. The summed E-state index contributed by atoms with van der Waals surface area (Å²) in [5.74, 6) is 0.632. The Morgan fingerprint density at radius 3 is 2.67 bits per heavy atom. The van der Waals surface area contributed by atoms with Crippen LogP contribution < -0.4 is 9.62 Å². The van der Waals surface area contributed by atoms with Gasteiger partial charge in [-0.2, -0.15) is 0 Å². The highest BCUT2D eigenvalue weighted by Gasteiger charge is 2.37. The van der Waals surface area contributed by atoms with Crippen LogP contribution in [0.1, 0.15) is 17.5 Å². The molecule has 1 aliphatic rings. The topological polar surface area (TPSA) is 88.1 Å². The van der Waals surface area contributed by atoms with Gasteiger partial charge in [0.05, 0.1) is 12.3 Å². The Morgan fingerprint density at radius 1 is 1.29 bits per heavy atom. The van der Waals surface area contributed by atoms with Gasteiger partial charge in [0.2, 0.25) is 16.0 Å². The summed E-state index contributed by atoms with van der Waals surface area (Å²) in [6.07, 6.45) is 9.68. The third-order valence-electron chi connectivity index (χ3n) is 4.10. The molecule has 3 rings (SSSR count). The second kappa shape index (κ2) is 6.82. The molecule has 1 fully saturated rings. The van der Waals surface area contributed by atoms with Crippen LogP contribution in [0, 0.1) is 6.92 Å². The number of hydrogen-bond donors (Lipinski definition) is 1. The molecule has 8 heteroatoms. The van der Waals surface area contributed by atoms with Gasteiger partial charge in [0, 0.05) is 37.4 Å². The van der Waals surface area contributed by atoms with E-state index in [0.717, 1.165) is 17.5 Å². The van der Waals surface area contributed by atoms with E-state index in [1.165, 1.54) is 6.26 Å². The van der Waals surface area contributed by atoms with Crippen LogP contribution in [0.5, 0.6) is 0 Å². The number of aromatic nitrogens is 3. The summed E-state index contributed by atoms with van der Waals surface area (Å²) in [7, 11) is -3.28. The summed E-state index contributed by atoms with van der Waals surface area (Å²) in [5.41, 5.74) is 2.05. The molecule has 0 bridgehead atoms. The van der Waals surface area contributed by atoms with Crippen LogP contribution in [0.2, 0.25) is 0 Å². The molecule has 0 spiro atoms. The van der Waals surface area contributed by atoms with Crippen molar-refractivity contribution in [2.24, 2.45) is 0 Å². The minimum Gasteiger partial charge on any atom is -0.336 e. The standard InChI is InChI=1S/C16H21N5O2S/c1-12-9-18-16(19-10-12)21-7-5-14(20-24(2,22)23)15(21)8-13-4-3-6-17-11-13/h3-4,6,9-11,14-15,20H,5,7-8H2,1-2H3/t14-,15+/m1/s1. The fourth-order valence-electron chi connectivity index (χ4n) is 3.06. The first kappa shape index (κ1) is 16.8. The van der Waals surface area contributed by atoms with Crippen molar-refractivity contribution in [2.45, 2.75) is 31.8 Å². The van der Waals surface area contributed by atoms with Crippen LogP contribution in [0.3, 0.4) is 0 Å². The van der Waals surface area contributed by atoms with Gasteiger partial charge in [0.25, 0.3) is 0 Å². The average molecular weight is 347 g/mol. The molecule has 1 N–H and O–H groups in total. The molecular formula is C16H21N5O2S. The number of aryl methyl sites for hydroxylation is 1. The lowest BCUT2D eigenvalue weighted by molar-refractivity contribution is 0.512. The van der Waals surface area contributed by atoms with E-state index < -0.39 is 10.0 Å². The van der Waals surface area contributed by atoms with Crippen LogP contribution in [0.15, 0.2) is 36.9 Å². The Kier molecular flexibility index (Phi) is 4.77. The van der Waals surface area contributed by atoms with Crippen LogP contribution in [0.4, 0.5) is 5.95 Å². The Morgan fingerprint density at radius 2 is 2.04 bits per heavy atom. The Labute approximate surface area is 142 Å². The highest BCUT2D eigenvalue weighted by molar-refractivity contribution is 7.88. The molecule has 0 amide bonds. The second-order valence-electron chi connectivity index (χ2n) is 6.17. The van der Waals surface area contributed by atoms with Crippen molar-refractivity contribution in [1.82, 2.24) is 19.7 Å². The molecule has 2 atom stereocenters. The molecule has 128 valence electrons. The van der Waals surface area contributed by atoms with Crippen LogP contribution in [-0.4, -0.2) is 48.3 Å². The van der Waals surface area contributed by atoms with Crippen molar-refractivity contribution in [2.75, 3.05) is 17.7 Å². The van der Waals surface area contributed by atoms with Crippen molar-refractivity contribution in [1.29, 1.82) is 0 Å². The molecule has 0 aromatic carbocycles. The predicted octanol–water partition coefficient (Wildman–Crippen LogP) is 0.919. The van der Waals surface area contributed by atoms with Crippen molar-refractivity contribution in [3.63, 3.8) is 0 Å². The molecular weight excluding hydrogens is 326 g/mol. The van der Waals surface area contributed by atoms with E-state index in [1.807, 2.05) is 25.3 Å². The van der Waals surface area contributed by atoms with Gasteiger partial charge in [-0.1, -0.05) is 6.07 Å². The van der Waals surface area contributed by atoms with E-state index >= 15 is 0 Å². The summed E-state index contributed by atoms with van der Waals surface area (Å²) in [6.45, 7) is 2.65. The lowest BCUT2D eigenvalue weighted by Gasteiger charge is -2.28.